The van der Waals surface area contributed by atoms with E-state index in [1.165, 1.54) is 27.2 Å². The van der Waals surface area contributed by atoms with Crippen molar-refractivity contribution in [2.75, 3.05) is 32.1 Å². The van der Waals surface area contributed by atoms with Gasteiger partial charge in [-0.05, 0) is 25.8 Å². The summed E-state index contributed by atoms with van der Waals surface area (Å²) in [6.45, 7) is 20.6. The SMILES string of the molecule is CO[C@H]1/C=C/O[C@@]2(C)Oc3c(C)c(O)c4c(O)c(c5c(c4c3C2=O)=NC2(CCN(CC(C)C)CC2)N=5)NC(=O)/C(C)=C\C=C\[C@H](C)C23OC(O2)([C@@H]3C)[C@@H](C)[C@H](OC(C)=O)[C@@H]1C. The maximum absolute atomic E-state index is 14.8. The van der Waals surface area contributed by atoms with Gasteiger partial charge in [0.1, 0.15) is 28.6 Å². The van der Waals surface area contributed by atoms with Crippen LogP contribution in [0.4, 0.5) is 5.69 Å². The Bertz CT molecular complexity index is 2430. The van der Waals surface area contributed by atoms with E-state index in [0.29, 0.717) is 24.3 Å². The smallest absolute Gasteiger partial charge is 0.312 e. The number of ketones is 1. The lowest BCUT2D eigenvalue weighted by atomic mass is 9.63. The molecule has 4 saturated heterocycles. The van der Waals surface area contributed by atoms with Crippen LogP contribution in [0, 0.1) is 36.5 Å². The van der Waals surface area contributed by atoms with E-state index in [4.69, 9.17) is 38.4 Å². The average Bonchev–Trinajstić information content (AvgIpc) is 3.69. The van der Waals surface area contributed by atoms with Crippen LogP contribution < -0.4 is 20.8 Å². The van der Waals surface area contributed by atoms with Gasteiger partial charge in [-0.1, -0.05) is 59.8 Å². The van der Waals surface area contributed by atoms with E-state index in [0.717, 1.165) is 19.6 Å². The minimum Gasteiger partial charge on any atom is -0.507 e. The molecule has 12 aliphatic heterocycles. The first-order valence-corrected chi connectivity index (χ1v) is 21.3. The molecule has 15 heteroatoms. The lowest BCUT2D eigenvalue weighted by molar-refractivity contribution is -0.670. The highest BCUT2D eigenvalue weighted by molar-refractivity contribution is 6.19. The first-order chi connectivity index (χ1) is 28.7. The standard InChI is InChI=1S/C46H58N4O11/c1-22(2)21-50-18-16-44(17-19-50)48-34-31-32-37(52)26(6)40-33(31)41(54)43(10,59-40)57-20-15-30(56-11)25(5)39(58-29(9)51)27(7)46-28(8)45(60-46,61-46)24(4)14-12-13-23(3)42(55)47-36(38(32)53)35(34)49-44/h12-15,20,22,24-25,27-28,30,39,52-53H,16-19,21H2,1-11H3,(H,47,55)/b14-12+,20-15+,23-13-/t24-,25+,27-,28+,30-,39+,43-,45?,46?/m0/s1. The molecule has 15 nitrogen and oxygen atoms in total. The molecule has 12 heterocycles. The van der Waals surface area contributed by atoms with Crippen molar-refractivity contribution in [1.82, 2.24) is 4.90 Å². The zero-order chi connectivity index (χ0) is 44.1. The van der Waals surface area contributed by atoms with Crippen molar-refractivity contribution in [1.29, 1.82) is 0 Å². The third-order valence-electron chi connectivity index (χ3n) is 13.8. The van der Waals surface area contributed by atoms with Crippen LogP contribution in [-0.2, 0) is 33.3 Å². The lowest BCUT2D eigenvalue weighted by Gasteiger charge is -2.76. The van der Waals surface area contributed by atoms with E-state index >= 15 is 0 Å². The van der Waals surface area contributed by atoms with E-state index in [2.05, 4.69) is 24.1 Å². The molecule has 7 atom stereocenters. The number of rotatable bonds is 4. The molecule has 61 heavy (non-hydrogen) atoms. The third kappa shape index (κ3) is 6.48. The molecule has 1 amide bonds. The number of Topliss-reactive ketones (excluding diaryl/α,β-unsaturated/α-hetero) is 1. The van der Waals surface area contributed by atoms with Gasteiger partial charge in [0.25, 0.3) is 11.7 Å². The Kier molecular flexibility index (Phi) is 10.5. The molecule has 0 aromatic heterocycles. The number of nitrogens with one attached hydrogen (secondary N) is 1. The van der Waals surface area contributed by atoms with Gasteiger partial charge in [0, 0.05) is 87.7 Å². The van der Waals surface area contributed by atoms with Crippen molar-refractivity contribution in [3.63, 3.8) is 0 Å². The highest BCUT2D eigenvalue weighted by Gasteiger charge is 2.82. The Hall–Kier alpha value is -4.83. The highest BCUT2D eigenvalue weighted by atomic mass is 16.9. The van der Waals surface area contributed by atoms with E-state index in [1.54, 1.807) is 32.1 Å². The van der Waals surface area contributed by atoms with Crippen molar-refractivity contribution < 1.29 is 53.0 Å². The molecule has 1 spiro atoms. The molecule has 4 fully saturated rings. The fraction of sp³-hybridized carbons (Fsp3) is 0.587. The average molecular weight is 843 g/mol. The van der Waals surface area contributed by atoms with Crippen molar-refractivity contribution in [2.24, 2.45) is 39.6 Å². The second-order valence-corrected chi connectivity index (χ2v) is 18.3. The van der Waals surface area contributed by atoms with Crippen molar-refractivity contribution in [3.8, 4) is 17.2 Å². The molecule has 0 unspecified atom stereocenters. The highest BCUT2D eigenvalue weighted by Crippen LogP contribution is 2.69. The fourth-order valence-corrected chi connectivity index (χ4v) is 10.2. The summed E-state index contributed by atoms with van der Waals surface area (Å²) in [5.74, 6) is -6.83. The number of methoxy groups -OCH3 is 1. The second kappa shape index (κ2) is 14.9. The number of allylic oxidation sites excluding steroid dienone is 2. The van der Waals surface area contributed by atoms with Gasteiger partial charge in [0.15, 0.2) is 23.0 Å². The van der Waals surface area contributed by atoms with E-state index < -0.39 is 70.5 Å². The summed E-state index contributed by atoms with van der Waals surface area (Å²) in [6.07, 6.45) is 8.02. The predicted octanol–water partition coefficient (Wildman–Crippen LogP) is 5.48. The molecular formula is C46H58N4O11. The van der Waals surface area contributed by atoms with Crippen LogP contribution in [0.3, 0.4) is 0 Å². The minimum absolute atomic E-state index is 0.0176. The van der Waals surface area contributed by atoms with E-state index in [-0.39, 0.29) is 61.6 Å². The molecule has 2 aromatic rings. The van der Waals surface area contributed by atoms with Gasteiger partial charge in [-0.3, -0.25) is 24.4 Å². The predicted molar refractivity (Wildman–Crippen MR) is 223 cm³/mol. The zero-order valence-corrected chi connectivity index (χ0v) is 36.9. The summed E-state index contributed by atoms with van der Waals surface area (Å²) in [6, 6.07) is 0. The number of hydrogen-bond acceptors (Lipinski definition) is 14. The molecule has 0 radical (unpaired) electrons. The third-order valence-corrected chi connectivity index (χ3v) is 13.8. The Morgan fingerprint density at radius 1 is 1.00 bits per heavy atom. The lowest BCUT2D eigenvalue weighted by Crippen LogP contribution is -2.88. The number of amides is 1. The molecule has 0 saturated carbocycles. The summed E-state index contributed by atoms with van der Waals surface area (Å²) in [7, 11) is 1.53. The van der Waals surface area contributed by atoms with Gasteiger partial charge < -0.3 is 48.9 Å². The van der Waals surface area contributed by atoms with Gasteiger partial charge in [0.05, 0.1) is 34.6 Å². The molecule has 7 bridgehead atoms. The number of hydrogen-bond donors (Lipinski definition) is 3. The monoisotopic (exact) mass is 842 g/mol. The van der Waals surface area contributed by atoms with Gasteiger partial charge >= 0.3 is 11.8 Å². The number of ether oxygens (including phenoxy) is 6. The number of phenols is 2. The Morgan fingerprint density at radius 3 is 2.30 bits per heavy atom. The van der Waals surface area contributed by atoms with Crippen LogP contribution in [0.25, 0.3) is 10.8 Å². The number of piperidine rings is 1. The van der Waals surface area contributed by atoms with Crippen molar-refractivity contribution in [2.45, 2.75) is 117 Å². The molecule has 2 aromatic carbocycles. The summed E-state index contributed by atoms with van der Waals surface area (Å²) in [5, 5.41) is 27.4. The second-order valence-electron chi connectivity index (χ2n) is 18.3. The van der Waals surface area contributed by atoms with Gasteiger partial charge in [-0.2, -0.15) is 0 Å². The first-order valence-electron chi connectivity index (χ1n) is 21.3. The number of carbonyl (C=O) groups is 3. The summed E-state index contributed by atoms with van der Waals surface area (Å²) >= 11 is 0. The Balaban J connectivity index is 1.27. The summed E-state index contributed by atoms with van der Waals surface area (Å²) in [4.78, 5) is 54.0. The van der Waals surface area contributed by atoms with Crippen molar-refractivity contribution in [3.05, 3.63) is 58.0 Å². The van der Waals surface area contributed by atoms with Crippen molar-refractivity contribution >= 4 is 34.1 Å². The number of aromatic hydroxyl groups is 2. The van der Waals surface area contributed by atoms with Gasteiger partial charge in [-0.15, -0.1) is 0 Å². The van der Waals surface area contributed by atoms with E-state index in [9.17, 15) is 24.6 Å². The van der Waals surface area contributed by atoms with Crippen LogP contribution in [0.15, 0.2) is 46.1 Å². The minimum atomic E-state index is -1.92. The Morgan fingerprint density at radius 2 is 1.67 bits per heavy atom. The molecular weight excluding hydrogens is 785 g/mol. The number of likely N-dealkylation sites (tertiary alicyclic amines) is 1. The van der Waals surface area contributed by atoms with Crippen LogP contribution in [-0.4, -0.2) is 94.7 Å². The number of benzene rings is 2. The largest absolute Gasteiger partial charge is 0.507 e. The number of carbonyl (C=O) groups excluding carboxylic acids is 3. The first kappa shape index (κ1) is 42.8. The summed E-state index contributed by atoms with van der Waals surface area (Å²) < 4.78 is 37.3. The molecule has 12 aliphatic rings. The van der Waals surface area contributed by atoms with Crippen LogP contribution in [0.1, 0.15) is 91.1 Å². The Labute approximate surface area is 355 Å². The molecule has 14 rings (SSSR count). The van der Waals surface area contributed by atoms with E-state index in [1.807, 2.05) is 33.8 Å². The van der Waals surface area contributed by atoms with Crippen LogP contribution >= 0.6 is 0 Å². The number of phenolic OH excluding ortho intramolecular Hbond substituents is 2. The van der Waals surface area contributed by atoms with Gasteiger partial charge in [0.2, 0.25) is 0 Å². The zero-order valence-electron chi connectivity index (χ0n) is 36.9. The quantitative estimate of drug-likeness (QED) is 0.260. The molecule has 3 N–H and O–H groups in total. The number of nitrogens with zero attached hydrogens (tertiary/aromatic N) is 3. The van der Waals surface area contributed by atoms with Crippen LogP contribution in [0.2, 0.25) is 0 Å². The maximum Gasteiger partial charge on any atom is 0.312 e. The van der Waals surface area contributed by atoms with Gasteiger partial charge in [-0.25, -0.2) is 0 Å². The molecule has 0 aliphatic carbocycles. The topological polar surface area (TPSA) is 187 Å². The fourth-order valence-electron chi connectivity index (χ4n) is 10.2. The number of anilines is 1. The summed E-state index contributed by atoms with van der Waals surface area (Å²) in [5.41, 5.74) is -0.384. The van der Waals surface area contributed by atoms with Crippen LogP contribution in [0.5, 0.6) is 17.2 Å². The molecule has 328 valence electrons. The maximum atomic E-state index is 14.8. The number of esters is 1. The normalized spacial score (nSPS) is 36.1.